The maximum Gasteiger partial charge on any atom is 0.248 e. The van der Waals surface area contributed by atoms with Crippen LogP contribution in [0.25, 0.3) is 17.1 Å². The van der Waals surface area contributed by atoms with Gasteiger partial charge in [0.1, 0.15) is 0 Å². The predicted octanol–water partition coefficient (Wildman–Crippen LogP) is 4.46. The number of carbonyl (C=O) groups is 1. The summed E-state index contributed by atoms with van der Waals surface area (Å²) in [7, 11) is 1.60. The zero-order valence-electron chi connectivity index (χ0n) is 17.2. The Morgan fingerprint density at radius 1 is 1.24 bits per heavy atom. The molecular formula is C22H26N4O3. The van der Waals surface area contributed by atoms with E-state index in [1.807, 2.05) is 49.7 Å². The highest BCUT2D eigenvalue weighted by Gasteiger charge is 2.09. The molecule has 3 aromatic rings. The summed E-state index contributed by atoms with van der Waals surface area (Å²) in [4.78, 5) is 16.7. The van der Waals surface area contributed by atoms with Crippen LogP contribution in [0.15, 0.2) is 42.7 Å². The van der Waals surface area contributed by atoms with E-state index in [1.54, 1.807) is 25.6 Å². The minimum Gasteiger partial charge on any atom is -0.493 e. The van der Waals surface area contributed by atoms with Gasteiger partial charge in [-0.3, -0.25) is 4.79 Å². The molecule has 1 amide bonds. The third-order valence-electron chi connectivity index (χ3n) is 4.27. The maximum atomic E-state index is 12.3. The van der Waals surface area contributed by atoms with Crippen molar-refractivity contribution in [3.8, 4) is 11.5 Å². The number of ether oxygens (including phenoxy) is 2. The van der Waals surface area contributed by atoms with Gasteiger partial charge in [-0.2, -0.15) is 5.10 Å². The fourth-order valence-electron chi connectivity index (χ4n) is 2.86. The van der Waals surface area contributed by atoms with Crippen LogP contribution >= 0.6 is 0 Å². The van der Waals surface area contributed by atoms with Gasteiger partial charge >= 0.3 is 0 Å². The van der Waals surface area contributed by atoms with E-state index in [-0.39, 0.29) is 11.9 Å². The van der Waals surface area contributed by atoms with Crippen molar-refractivity contribution < 1.29 is 14.3 Å². The molecule has 1 aromatic carbocycles. The first-order valence-corrected chi connectivity index (χ1v) is 9.65. The largest absolute Gasteiger partial charge is 0.493 e. The number of anilines is 1. The molecule has 152 valence electrons. The normalized spacial score (nSPS) is 11.3. The molecule has 0 radical (unpaired) electrons. The third kappa shape index (κ3) is 4.93. The average Bonchev–Trinajstić information content (AvgIpc) is 3.14. The maximum absolute atomic E-state index is 12.3. The van der Waals surface area contributed by atoms with Crippen LogP contribution in [0.3, 0.4) is 0 Å². The quantitative estimate of drug-likeness (QED) is 0.571. The average molecular weight is 394 g/mol. The summed E-state index contributed by atoms with van der Waals surface area (Å²) in [6, 6.07) is 7.65. The second kappa shape index (κ2) is 9.23. The molecule has 3 rings (SSSR count). The summed E-state index contributed by atoms with van der Waals surface area (Å²) in [5.74, 6) is 1.09. The van der Waals surface area contributed by atoms with Gasteiger partial charge in [0.25, 0.3) is 0 Å². The molecule has 0 saturated carbocycles. The lowest BCUT2D eigenvalue weighted by Crippen LogP contribution is -2.08. The highest BCUT2D eigenvalue weighted by Crippen LogP contribution is 2.28. The van der Waals surface area contributed by atoms with E-state index in [0.717, 1.165) is 23.0 Å². The van der Waals surface area contributed by atoms with Gasteiger partial charge in [-0.1, -0.05) is 13.0 Å². The Morgan fingerprint density at radius 2 is 2.07 bits per heavy atom. The highest BCUT2D eigenvalue weighted by atomic mass is 16.5. The van der Waals surface area contributed by atoms with Crippen molar-refractivity contribution in [2.24, 2.45) is 0 Å². The minimum atomic E-state index is -0.243. The SMILES string of the molecule is CCCOc1ccc(/C=C/C(=O)Nc2cnc3c(cnn3C(C)C)c2)cc1OC. The first kappa shape index (κ1) is 20.4. The number of hydrogen-bond donors (Lipinski definition) is 1. The molecule has 0 bridgehead atoms. The smallest absolute Gasteiger partial charge is 0.248 e. The molecule has 7 nitrogen and oxygen atoms in total. The Bertz CT molecular complexity index is 1020. The van der Waals surface area contributed by atoms with Gasteiger partial charge in [0.05, 0.1) is 31.8 Å². The van der Waals surface area contributed by atoms with Gasteiger partial charge in [0.15, 0.2) is 17.1 Å². The summed E-state index contributed by atoms with van der Waals surface area (Å²) < 4.78 is 12.9. The number of carbonyl (C=O) groups excluding carboxylic acids is 1. The van der Waals surface area contributed by atoms with Crippen LogP contribution in [0.1, 0.15) is 38.8 Å². The number of pyridine rings is 1. The number of hydrogen-bond acceptors (Lipinski definition) is 5. The van der Waals surface area contributed by atoms with Crippen molar-refractivity contribution in [3.05, 3.63) is 48.3 Å². The Kier molecular flexibility index (Phi) is 6.49. The topological polar surface area (TPSA) is 78.3 Å². The highest BCUT2D eigenvalue weighted by molar-refractivity contribution is 6.02. The molecule has 2 aromatic heterocycles. The van der Waals surface area contributed by atoms with Crippen molar-refractivity contribution in [2.75, 3.05) is 19.0 Å². The van der Waals surface area contributed by atoms with Crippen molar-refractivity contribution in [1.82, 2.24) is 14.8 Å². The van der Waals surface area contributed by atoms with Crippen LogP contribution < -0.4 is 14.8 Å². The zero-order chi connectivity index (χ0) is 20.8. The van der Waals surface area contributed by atoms with Gasteiger partial charge in [-0.15, -0.1) is 0 Å². The number of nitrogens with one attached hydrogen (secondary N) is 1. The summed E-state index contributed by atoms with van der Waals surface area (Å²) in [6.07, 6.45) is 7.51. The van der Waals surface area contributed by atoms with Crippen LogP contribution in [0, 0.1) is 0 Å². The van der Waals surface area contributed by atoms with Crippen LogP contribution in [0.2, 0.25) is 0 Å². The monoisotopic (exact) mass is 394 g/mol. The molecule has 2 heterocycles. The van der Waals surface area contributed by atoms with E-state index in [0.29, 0.717) is 23.8 Å². The number of amides is 1. The van der Waals surface area contributed by atoms with E-state index >= 15 is 0 Å². The lowest BCUT2D eigenvalue weighted by Gasteiger charge is -2.10. The molecule has 7 heteroatoms. The van der Waals surface area contributed by atoms with Crippen LogP contribution in [0.4, 0.5) is 5.69 Å². The molecule has 29 heavy (non-hydrogen) atoms. The van der Waals surface area contributed by atoms with E-state index in [2.05, 4.69) is 15.4 Å². The Labute approximate surface area is 170 Å². The summed E-state index contributed by atoms with van der Waals surface area (Å²) >= 11 is 0. The fraction of sp³-hybridized carbons (Fsp3) is 0.318. The standard InChI is InChI=1S/C22H26N4O3/c1-5-10-29-19-8-6-16(11-20(19)28-4)7-9-21(27)25-18-12-17-13-24-26(15(2)3)22(17)23-14-18/h6-9,11-15H,5,10H2,1-4H3,(H,25,27)/b9-7+. The van der Waals surface area contributed by atoms with Crippen molar-refractivity contribution in [2.45, 2.75) is 33.2 Å². The second-order valence-corrected chi connectivity index (χ2v) is 6.90. The predicted molar refractivity (Wildman–Crippen MR) is 114 cm³/mol. The number of nitrogens with zero attached hydrogens (tertiary/aromatic N) is 3. The summed E-state index contributed by atoms with van der Waals surface area (Å²) in [5, 5.41) is 8.05. The number of methoxy groups -OCH3 is 1. The molecule has 0 unspecified atom stereocenters. The zero-order valence-corrected chi connectivity index (χ0v) is 17.2. The van der Waals surface area contributed by atoms with Gasteiger partial charge in [0.2, 0.25) is 5.91 Å². The number of aromatic nitrogens is 3. The lowest BCUT2D eigenvalue weighted by molar-refractivity contribution is -0.111. The van der Waals surface area contributed by atoms with Crippen LogP contribution in [-0.4, -0.2) is 34.4 Å². The second-order valence-electron chi connectivity index (χ2n) is 6.90. The molecule has 0 atom stereocenters. The van der Waals surface area contributed by atoms with Crippen LogP contribution in [0.5, 0.6) is 11.5 Å². The van der Waals surface area contributed by atoms with E-state index in [9.17, 15) is 4.79 Å². The van der Waals surface area contributed by atoms with E-state index < -0.39 is 0 Å². The molecule has 0 saturated heterocycles. The first-order valence-electron chi connectivity index (χ1n) is 9.65. The van der Waals surface area contributed by atoms with Crippen molar-refractivity contribution in [3.63, 3.8) is 0 Å². The Balaban J connectivity index is 1.68. The van der Waals surface area contributed by atoms with Crippen molar-refractivity contribution >= 4 is 28.7 Å². The minimum absolute atomic E-state index is 0.221. The van der Waals surface area contributed by atoms with Gasteiger partial charge in [-0.05, 0) is 50.1 Å². The van der Waals surface area contributed by atoms with Crippen LogP contribution in [-0.2, 0) is 4.79 Å². The fourth-order valence-corrected chi connectivity index (χ4v) is 2.86. The van der Waals surface area contributed by atoms with E-state index in [4.69, 9.17) is 9.47 Å². The van der Waals surface area contributed by atoms with Gasteiger partial charge in [-0.25, -0.2) is 9.67 Å². The molecular weight excluding hydrogens is 368 g/mol. The molecule has 0 aliphatic rings. The molecule has 0 spiro atoms. The third-order valence-corrected chi connectivity index (χ3v) is 4.27. The number of fused-ring (bicyclic) bond motifs is 1. The molecule has 0 aliphatic heterocycles. The molecule has 1 N–H and O–H groups in total. The first-order chi connectivity index (χ1) is 14.0. The lowest BCUT2D eigenvalue weighted by atomic mass is 10.2. The van der Waals surface area contributed by atoms with Gasteiger partial charge < -0.3 is 14.8 Å². The Morgan fingerprint density at radius 3 is 2.79 bits per heavy atom. The summed E-state index contributed by atoms with van der Waals surface area (Å²) in [6.45, 7) is 6.77. The van der Waals surface area contributed by atoms with Crippen molar-refractivity contribution in [1.29, 1.82) is 0 Å². The van der Waals surface area contributed by atoms with E-state index in [1.165, 1.54) is 6.08 Å². The number of rotatable bonds is 8. The molecule has 0 fully saturated rings. The molecule has 0 aliphatic carbocycles. The van der Waals surface area contributed by atoms with Gasteiger partial charge in [0, 0.05) is 17.5 Å². The summed E-state index contributed by atoms with van der Waals surface area (Å²) in [5.41, 5.74) is 2.26. The Hall–Kier alpha value is -3.35. The number of benzene rings is 1.